The van der Waals surface area contributed by atoms with E-state index >= 15 is 0 Å². The zero-order valence-corrected chi connectivity index (χ0v) is 10.8. The fraction of sp³-hybridized carbons (Fsp3) is 0.357. The number of hydrogen-bond donors (Lipinski definition) is 2. The van der Waals surface area contributed by atoms with Gasteiger partial charge in [-0.3, -0.25) is 5.10 Å². The maximum Gasteiger partial charge on any atom is 0.0650 e. The first-order valence-electron chi connectivity index (χ1n) is 6.15. The first-order valence-corrected chi connectivity index (χ1v) is 6.15. The number of nitrogens with zero attached hydrogens (tertiary/aromatic N) is 1. The average Bonchev–Trinajstić information content (AvgIpc) is 2.90. The topological polar surface area (TPSA) is 49.9 Å². The van der Waals surface area contributed by atoms with Gasteiger partial charge in [-0.1, -0.05) is 12.1 Å². The summed E-state index contributed by atoms with van der Waals surface area (Å²) in [5.41, 5.74) is 3.28. The van der Waals surface area contributed by atoms with Gasteiger partial charge in [0.25, 0.3) is 0 Å². The van der Waals surface area contributed by atoms with Crippen LogP contribution in [-0.4, -0.2) is 30.0 Å². The lowest BCUT2D eigenvalue weighted by Crippen LogP contribution is -2.17. The van der Waals surface area contributed by atoms with Crippen molar-refractivity contribution in [3.05, 3.63) is 36.5 Å². The van der Waals surface area contributed by atoms with Crippen molar-refractivity contribution < 1.29 is 4.74 Å². The number of methoxy groups -OCH3 is 1. The van der Waals surface area contributed by atoms with E-state index in [-0.39, 0.29) is 0 Å². The van der Waals surface area contributed by atoms with Gasteiger partial charge >= 0.3 is 0 Å². The number of rotatable bonds is 6. The summed E-state index contributed by atoms with van der Waals surface area (Å²) in [5, 5.41) is 10.4. The summed E-state index contributed by atoms with van der Waals surface area (Å²) in [6, 6.07) is 10.7. The minimum absolute atomic E-state index is 0.391. The van der Waals surface area contributed by atoms with Gasteiger partial charge < -0.3 is 10.1 Å². The molecule has 4 heteroatoms. The molecule has 1 aromatic heterocycles. The van der Waals surface area contributed by atoms with Gasteiger partial charge in [0, 0.05) is 37.2 Å². The molecule has 1 aromatic carbocycles. The van der Waals surface area contributed by atoms with Crippen molar-refractivity contribution >= 4 is 5.69 Å². The van der Waals surface area contributed by atoms with E-state index in [0.29, 0.717) is 6.04 Å². The second-order valence-electron chi connectivity index (χ2n) is 4.38. The lowest BCUT2D eigenvalue weighted by molar-refractivity contribution is 0.191. The molecule has 18 heavy (non-hydrogen) atoms. The highest BCUT2D eigenvalue weighted by Crippen LogP contribution is 2.20. The van der Waals surface area contributed by atoms with Crippen molar-refractivity contribution in [1.82, 2.24) is 10.2 Å². The number of hydrogen-bond acceptors (Lipinski definition) is 3. The Hall–Kier alpha value is -1.81. The van der Waals surface area contributed by atoms with Crippen LogP contribution in [0.4, 0.5) is 5.69 Å². The Morgan fingerprint density at radius 3 is 3.00 bits per heavy atom. The molecule has 1 atom stereocenters. The van der Waals surface area contributed by atoms with E-state index in [0.717, 1.165) is 30.0 Å². The molecule has 1 unspecified atom stereocenters. The van der Waals surface area contributed by atoms with Gasteiger partial charge in [0.1, 0.15) is 0 Å². The molecule has 0 bridgehead atoms. The molecule has 0 saturated carbocycles. The minimum Gasteiger partial charge on any atom is -0.385 e. The van der Waals surface area contributed by atoms with Crippen LogP contribution in [0.3, 0.4) is 0 Å². The Labute approximate surface area is 107 Å². The highest BCUT2D eigenvalue weighted by Gasteiger charge is 2.04. The van der Waals surface area contributed by atoms with Gasteiger partial charge in [-0.2, -0.15) is 5.10 Å². The molecular formula is C14H19N3O. The van der Waals surface area contributed by atoms with Gasteiger partial charge in [-0.25, -0.2) is 0 Å². The maximum absolute atomic E-state index is 5.08. The molecule has 2 aromatic rings. The lowest BCUT2D eigenvalue weighted by Gasteiger charge is -2.15. The third-order valence-electron chi connectivity index (χ3n) is 2.84. The molecule has 0 aliphatic carbocycles. The normalized spacial score (nSPS) is 12.3. The van der Waals surface area contributed by atoms with E-state index in [1.54, 1.807) is 13.3 Å². The summed E-state index contributed by atoms with van der Waals surface area (Å²) in [4.78, 5) is 0. The summed E-state index contributed by atoms with van der Waals surface area (Å²) in [7, 11) is 1.73. The summed E-state index contributed by atoms with van der Waals surface area (Å²) >= 11 is 0. The third kappa shape index (κ3) is 3.34. The Morgan fingerprint density at radius 2 is 2.28 bits per heavy atom. The highest BCUT2D eigenvalue weighted by molar-refractivity contribution is 5.64. The number of anilines is 1. The molecule has 0 spiro atoms. The van der Waals surface area contributed by atoms with Crippen LogP contribution in [0, 0.1) is 0 Å². The number of benzene rings is 1. The molecule has 0 aliphatic heterocycles. The van der Waals surface area contributed by atoms with Gasteiger partial charge in [-0.15, -0.1) is 0 Å². The van der Waals surface area contributed by atoms with Crippen LogP contribution in [0.1, 0.15) is 13.3 Å². The zero-order valence-electron chi connectivity index (χ0n) is 10.8. The van der Waals surface area contributed by atoms with Gasteiger partial charge in [0.05, 0.1) is 5.69 Å². The monoisotopic (exact) mass is 245 g/mol. The number of H-pyrrole nitrogens is 1. The largest absolute Gasteiger partial charge is 0.385 e. The molecule has 1 heterocycles. The first-order chi connectivity index (χ1) is 8.79. The van der Waals surface area contributed by atoms with Crippen molar-refractivity contribution in [2.24, 2.45) is 0 Å². The second-order valence-corrected chi connectivity index (χ2v) is 4.38. The van der Waals surface area contributed by atoms with Gasteiger partial charge in [-0.05, 0) is 31.5 Å². The van der Waals surface area contributed by atoms with Crippen molar-refractivity contribution in [3.63, 3.8) is 0 Å². The third-order valence-corrected chi connectivity index (χ3v) is 2.84. The second kappa shape index (κ2) is 6.21. The van der Waals surface area contributed by atoms with Crippen molar-refractivity contribution in [3.8, 4) is 11.3 Å². The fourth-order valence-electron chi connectivity index (χ4n) is 1.84. The smallest absolute Gasteiger partial charge is 0.0650 e. The predicted molar refractivity (Wildman–Crippen MR) is 73.6 cm³/mol. The lowest BCUT2D eigenvalue weighted by atomic mass is 10.1. The molecule has 0 fully saturated rings. The Bertz CT molecular complexity index is 468. The van der Waals surface area contributed by atoms with Crippen LogP contribution >= 0.6 is 0 Å². The summed E-state index contributed by atoms with van der Waals surface area (Å²) in [6.07, 6.45) is 2.75. The molecule has 0 radical (unpaired) electrons. The first kappa shape index (κ1) is 12.6. The minimum atomic E-state index is 0.391. The highest BCUT2D eigenvalue weighted by atomic mass is 16.5. The number of aromatic amines is 1. The Balaban J connectivity index is 2.03. The van der Waals surface area contributed by atoms with Crippen LogP contribution in [0.15, 0.2) is 36.5 Å². The Morgan fingerprint density at radius 1 is 1.39 bits per heavy atom. The van der Waals surface area contributed by atoms with E-state index in [2.05, 4.69) is 40.6 Å². The molecular weight excluding hydrogens is 226 g/mol. The molecule has 2 N–H and O–H groups in total. The summed E-state index contributed by atoms with van der Waals surface area (Å²) in [5.74, 6) is 0. The molecule has 4 nitrogen and oxygen atoms in total. The number of aromatic nitrogens is 2. The van der Waals surface area contributed by atoms with Crippen LogP contribution < -0.4 is 5.32 Å². The van der Waals surface area contributed by atoms with Crippen molar-refractivity contribution in [2.45, 2.75) is 19.4 Å². The predicted octanol–water partition coefficient (Wildman–Crippen LogP) is 2.91. The number of nitrogens with one attached hydrogen (secondary N) is 2. The van der Waals surface area contributed by atoms with Crippen molar-refractivity contribution in [1.29, 1.82) is 0 Å². The zero-order chi connectivity index (χ0) is 12.8. The summed E-state index contributed by atoms with van der Waals surface area (Å²) < 4.78 is 5.08. The Kier molecular flexibility index (Phi) is 4.36. The van der Waals surface area contributed by atoms with Crippen LogP contribution in [0.5, 0.6) is 0 Å². The quantitative estimate of drug-likeness (QED) is 0.822. The van der Waals surface area contributed by atoms with Gasteiger partial charge in [0.2, 0.25) is 0 Å². The van der Waals surface area contributed by atoms with E-state index in [1.807, 2.05) is 12.1 Å². The van der Waals surface area contributed by atoms with Crippen LogP contribution in [-0.2, 0) is 4.74 Å². The van der Waals surface area contributed by atoms with E-state index in [1.165, 1.54) is 0 Å². The summed E-state index contributed by atoms with van der Waals surface area (Å²) in [6.45, 7) is 2.93. The van der Waals surface area contributed by atoms with E-state index in [9.17, 15) is 0 Å². The molecule has 2 rings (SSSR count). The van der Waals surface area contributed by atoms with Crippen molar-refractivity contribution in [2.75, 3.05) is 19.0 Å². The van der Waals surface area contributed by atoms with E-state index < -0.39 is 0 Å². The number of ether oxygens (including phenoxy) is 1. The van der Waals surface area contributed by atoms with E-state index in [4.69, 9.17) is 4.74 Å². The van der Waals surface area contributed by atoms with Crippen LogP contribution in [0.2, 0.25) is 0 Å². The SMILES string of the molecule is COCCC(C)Nc1cccc(-c2ccn[nH]2)c1. The molecule has 96 valence electrons. The maximum atomic E-state index is 5.08. The average molecular weight is 245 g/mol. The van der Waals surface area contributed by atoms with Crippen LogP contribution in [0.25, 0.3) is 11.3 Å². The van der Waals surface area contributed by atoms with Gasteiger partial charge in [0.15, 0.2) is 0 Å². The standard InChI is InChI=1S/C14H19N3O/c1-11(7-9-18-2)16-13-5-3-4-12(10-13)14-6-8-15-17-14/h3-6,8,10-11,16H,7,9H2,1-2H3,(H,15,17). The molecule has 0 amide bonds. The fourth-order valence-corrected chi connectivity index (χ4v) is 1.84. The molecule has 0 saturated heterocycles. The molecule has 0 aliphatic rings.